The summed E-state index contributed by atoms with van der Waals surface area (Å²) in [6, 6.07) is 2.89. The molecule has 0 saturated carbocycles. The van der Waals surface area contributed by atoms with Crippen LogP contribution in [0.3, 0.4) is 0 Å². The number of nitrogens with zero attached hydrogens (tertiary/aromatic N) is 2. The molecule has 124 valence electrons. The van der Waals surface area contributed by atoms with Crippen LogP contribution in [0, 0.1) is 18.6 Å². The van der Waals surface area contributed by atoms with Crippen molar-refractivity contribution in [2.75, 3.05) is 5.32 Å². The number of nitrogens with one attached hydrogen (secondary N) is 1. The Hall–Kier alpha value is -2.61. The number of rotatable bonds is 3. The number of aromatic nitrogens is 2. The van der Waals surface area contributed by atoms with E-state index >= 15 is 0 Å². The predicted octanol–water partition coefficient (Wildman–Crippen LogP) is 3.32. The largest absolute Gasteiger partial charge is 0.319 e. The van der Waals surface area contributed by atoms with Gasteiger partial charge in [0.25, 0.3) is 11.5 Å². The van der Waals surface area contributed by atoms with Crippen molar-refractivity contribution < 1.29 is 13.6 Å². The Labute approximate surface area is 139 Å². The summed E-state index contributed by atoms with van der Waals surface area (Å²) in [6.45, 7) is 3.94. The molecule has 1 aromatic carbocycles. The highest BCUT2D eigenvalue weighted by Crippen LogP contribution is 2.28. The van der Waals surface area contributed by atoms with Crippen molar-refractivity contribution in [3.63, 3.8) is 0 Å². The maximum Gasteiger partial charge on any atom is 0.266 e. The molecule has 2 heterocycles. The molecule has 24 heavy (non-hydrogen) atoms. The molecule has 0 fully saturated rings. The molecule has 0 aliphatic rings. The first-order chi connectivity index (χ1) is 11.4. The van der Waals surface area contributed by atoms with Crippen LogP contribution in [-0.2, 0) is 6.54 Å². The molecule has 0 radical (unpaired) electrons. The fraction of sp³-hybridized carbons (Fsp3) is 0.188. The lowest BCUT2D eigenvalue weighted by atomic mass is 10.2. The summed E-state index contributed by atoms with van der Waals surface area (Å²) in [7, 11) is 0. The average Bonchev–Trinajstić information content (AvgIpc) is 2.88. The Morgan fingerprint density at radius 3 is 2.79 bits per heavy atom. The van der Waals surface area contributed by atoms with E-state index in [0.29, 0.717) is 28.4 Å². The Morgan fingerprint density at radius 1 is 1.38 bits per heavy atom. The van der Waals surface area contributed by atoms with E-state index in [1.54, 1.807) is 6.92 Å². The van der Waals surface area contributed by atoms with E-state index in [2.05, 4.69) is 10.3 Å². The second-order valence-electron chi connectivity index (χ2n) is 5.15. The molecule has 0 bridgehead atoms. The number of thiophene rings is 1. The smallest absolute Gasteiger partial charge is 0.266 e. The number of hydrogen-bond donors (Lipinski definition) is 1. The number of halogens is 2. The predicted molar refractivity (Wildman–Crippen MR) is 88.6 cm³/mol. The lowest BCUT2D eigenvalue weighted by molar-refractivity contribution is 0.102. The second kappa shape index (κ2) is 6.12. The van der Waals surface area contributed by atoms with E-state index < -0.39 is 17.5 Å². The van der Waals surface area contributed by atoms with Crippen molar-refractivity contribution in [2.45, 2.75) is 20.4 Å². The van der Waals surface area contributed by atoms with Gasteiger partial charge in [0.2, 0.25) is 0 Å². The summed E-state index contributed by atoms with van der Waals surface area (Å²) in [5.74, 6) is -2.16. The highest BCUT2D eigenvalue weighted by molar-refractivity contribution is 7.20. The van der Waals surface area contributed by atoms with Crippen LogP contribution in [-0.4, -0.2) is 15.5 Å². The van der Waals surface area contributed by atoms with Crippen LogP contribution >= 0.6 is 11.3 Å². The fourth-order valence-electron chi connectivity index (χ4n) is 2.37. The summed E-state index contributed by atoms with van der Waals surface area (Å²) >= 11 is 1.06. The van der Waals surface area contributed by atoms with Crippen LogP contribution in [0.15, 0.2) is 29.3 Å². The van der Waals surface area contributed by atoms with Gasteiger partial charge in [-0.05, 0) is 31.5 Å². The van der Waals surface area contributed by atoms with E-state index in [0.717, 1.165) is 23.5 Å². The lowest BCUT2D eigenvalue weighted by Gasteiger charge is -2.05. The Morgan fingerprint density at radius 2 is 2.12 bits per heavy atom. The molecule has 0 atom stereocenters. The number of benzene rings is 1. The highest BCUT2D eigenvalue weighted by atomic mass is 32.1. The zero-order chi connectivity index (χ0) is 17.4. The summed E-state index contributed by atoms with van der Waals surface area (Å²) in [4.78, 5) is 29.7. The third kappa shape index (κ3) is 2.69. The molecule has 5 nitrogen and oxygen atoms in total. The van der Waals surface area contributed by atoms with Gasteiger partial charge in [0.05, 0.1) is 22.3 Å². The van der Waals surface area contributed by atoms with E-state index in [9.17, 15) is 18.4 Å². The van der Waals surface area contributed by atoms with Crippen molar-refractivity contribution in [1.29, 1.82) is 0 Å². The van der Waals surface area contributed by atoms with Gasteiger partial charge in [-0.1, -0.05) is 0 Å². The Balaban J connectivity index is 2.03. The van der Waals surface area contributed by atoms with Crippen molar-refractivity contribution in [1.82, 2.24) is 9.55 Å². The minimum absolute atomic E-state index is 0.128. The zero-order valence-electron chi connectivity index (χ0n) is 12.9. The quantitative estimate of drug-likeness (QED) is 0.789. The lowest BCUT2D eigenvalue weighted by Crippen LogP contribution is -2.19. The van der Waals surface area contributed by atoms with Gasteiger partial charge in [0, 0.05) is 12.6 Å². The maximum atomic E-state index is 13.7. The van der Waals surface area contributed by atoms with E-state index in [1.165, 1.54) is 10.9 Å². The number of aryl methyl sites for hydroxylation is 2. The summed E-state index contributed by atoms with van der Waals surface area (Å²) < 4.78 is 28.1. The molecule has 1 N–H and O–H groups in total. The van der Waals surface area contributed by atoms with Crippen molar-refractivity contribution in [2.24, 2.45) is 0 Å². The van der Waals surface area contributed by atoms with Gasteiger partial charge in [-0.3, -0.25) is 14.2 Å². The summed E-state index contributed by atoms with van der Waals surface area (Å²) in [5, 5.41) is 2.78. The second-order valence-corrected chi connectivity index (χ2v) is 6.15. The summed E-state index contributed by atoms with van der Waals surface area (Å²) in [5.41, 5.74) is 0.149. The number of anilines is 1. The Bertz CT molecular complexity index is 1010. The first-order valence-corrected chi connectivity index (χ1v) is 7.99. The van der Waals surface area contributed by atoms with Gasteiger partial charge >= 0.3 is 0 Å². The Kier molecular flexibility index (Phi) is 4.15. The number of carbonyl (C=O) groups is 1. The number of hydrogen-bond acceptors (Lipinski definition) is 4. The third-order valence-electron chi connectivity index (χ3n) is 3.64. The van der Waals surface area contributed by atoms with Gasteiger partial charge in [-0.25, -0.2) is 13.8 Å². The molecule has 0 aliphatic heterocycles. The molecule has 0 unspecified atom stereocenters. The first kappa shape index (κ1) is 16.3. The van der Waals surface area contributed by atoms with E-state index in [-0.39, 0.29) is 16.1 Å². The minimum atomic E-state index is -0.867. The molecule has 0 saturated heterocycles. The van der Waals surface area contributed by atoms with E-state index in [1.807, 2.05) is 6.92 Å². The SMILES string of the molecule is CCn1cnc2sc(C(=O)Nc3ccc(F)cc3F)c(C)c2c1=O. The molecule has 1 amide bonds. The summed E-state index contributed by atoms with van der Waals surface area (Å²) in [6.07, 6.45) is 1.43. The molecule has 8 heteroatoms. The maximum absolute atomic E-state index is 13.7. The van der Waals surface area contributed by atoms with Crippen LogP contribution in [0.25, 0.3) is 10.2 Å². The zero-order valence-corrected chi connectivity index (χ0v) is 13.7. The third-order valence-corrected chi connectivity index (χ3v) is 4.84. The number of fused-ring (bicyclic) bond motifs is 1. The van der Waals surface area contributed by atoms with Crippen LogP contribution < -0.4 is 10.9 Å². The molecule has 3 rings (SSSR count). The molecule has 3 aromatic rings. The van der Waals surface area contributed by atoms with Crippen molar-refractivity contribution >= 4 is 33.1 Å². The topological polar surface area (TPSA) is 64.0 Å². The van der Waals surface area contributed by atoms with Gasteiger partial charge < -0.3 is 5.32 Å². The van der Waals surface area contributed by atoms with E-state index in [4.69, 9.17) is 0 Å². The van der Waals surface area contributed by atoms with Gasteiger partial charge in [-0.2, -0.15) is 0 Å². The molecular weight excluding hydrogens is 336 g/mol. The highest BCUT2D eigenvalue weighted by Gasteiger charge is 2.20. The molecular formula is C16H13F2N3O2S. The molecule has 0 aliphatic carbocycles. The van der Waals surface area contributed by atoms with Crippen LogP contribution in [0.1, 0.15) is 22.2 Å². The van der Waals surface area contributed by atoms with Crippen LogP contribution in [0.5, 0.6) is 0 Å². The minimum Gasteiger partial charge on any atom is -0.319 e. The first-order valence-electron chi connectivity index (χ1n) is 7.17. The van der Waals surface area contributed by atoms with Crippen LogP contribution in [0.2, 0.25) is 0 Å². The monoisotopic (exact) mass is 349 g/mol. The number of amides is 1. The van der Waals surface area contributed by atoms with Crippen molar-refractivity contribution in [3.05, 3.63) is 57.0 Å². The fourth-order valence-corrected chi connectivity index (χ4v) is 3.41. The van der Waals surface area contributed by atoms with Crippen LogP contribution in [0.4, 0.5) is 14.5 Å². The molecule has 0 spiro atoms. The normalized spacial score (nSPS) is 11.0. The standard InChI is InChI=1S/C16H13F2N3O2S/c1-3-21-7-19-15-12(16(21)23)8(2)13(24-15)14(22)20-11-5-4-9(17)6-10(11)18/h4-7H,3H2,1-2H3,(H,20,22). The van der Waals surface area contributed by atoms with Gasteiger partial charge in [0.15, 0.2) is 0 Å². The van der Waals surface area contributed by atoms with Gasteiger partial charge in [0.1, 0.15) is 16.5 Å². The van der Waals surface area contributed by atoms with Gasteiger partial charge in [-0.15, -0.1) is 11.3 Å². The van der Waals surface area contributed by atoms with Crippen molar-refractivity contribution in [3.8, 4) is 0 Å². The average molecular weight is 349 g/mol. The molecule has 2 aromatic heterocycles. The number of carbonyl (C=O) groups excluding carboxylic acids is 1.